The molecule has 0 saturated carbocycles. The van der Waals surface area contributed by atoms with Gasteiger partial charge in [-0.25, -0.2) is 5.43 Å². The molecule has 0 bridgehead atoms. The van der Waals surface area contributed by atoms with E-state index in [0.717, 1.165) is 5.56 Å². The van der Waals surface area contributed by atoms with Gasteiger partial charge >= 0.3 is 0 Å². The second-order valence-electron chi connectivity index (χ2n) is 4.12. The van der Waals surface area contributed by atoms with Gasteiger partial charge in [-0.1, -0.05) is 11.6 Å². The molecule has 1 heterocycles. The van der Waals surface area contributed by atoms with Crippen LogP contribution >= 0.6 is 27.5 Å². The maximum Gasteiger partial charge on any atom is 0.277 e. The van der Waals surface area contributed by atoms with Crippen molar-refractivity contribution in [2.75, 3.05) is 6.61 Å². The molecule has 0 aliphatic carbocycles. The molecule has 1 aromatic heterocycles. The number of halogens is 2. The van der Waals surface area contributed by atoms with Gasteiger partial charge in [0.25, 0.3) is 5.91 Å². The van der Waals surface area contributed by atoms with Crippen LogP contribution in [0.25, 0.3) is 0 Å². The van der Waals surface area contributed by atoms with Crippen LogP contribution in [0.1, 0.15) is 11.3 Å². The SMILES string of the molecule is Cc1ccoc1/C=N/NC(=O)COc1ccc(Cl)cc1Br. The Hall–Kier alpha value is -1.79. The minimum absolute atomic E-state index is 0.158. The predicted molar refractivity (Wildman–Crippen MR) is 83.8 cm³/mol. The van der Waals surface area contributed by atoms with Gasteiger partial charge in [0, 0.05) is 5.02 Å². The molecule has 0 saturated heterocycles. The summed E-state index contributed by atoms with van der Waals surface area (Å²) in [5, 5.41) is 4.37. The highest BCUT2D eigenvalue weighted by Gasteiger charge is 2.05. The van der Waals surface area contributed by atoms with Gasteiger partial charge in [-0.05, 0) is 52.7 Å². The number of hydrogen-bond donors (Lipinski definition) is 1. The number of amides is 1. The van der Waals surface area contributed by atoms with Crippen molar-refractivity contribution >= 4 is 39.7 Å². The van der Waals surface area contributed by atoms with E-state index in [4.69, 9.17) is 20.8 Å². The molecule has 0 fully saturated rings. The summed E-state index contributed by atoms with van der Waals surface area (Å²) in [5.41, 5.74) is 3.29. The summed E-state index contributed by atoms with van der Waals surface area (Å²) in [6.07, 6.45) is 2.99. The quantitative estimate of drug-likeness (QED) is 0.646. The Morgan fingerprint density at radius 2 is 2.33 bits per heavy atom. The van der Waals surface area contributed by atoms with Crippen molar-refractivity contribution in [1.82, 2.24) is 5.43 Å². The molecular formula is C14H12BrClN2O3. The van der Waals surface area contributed by atoms with Gasteiger partial charge < -0.3 is 9.15 Å². The second-order valence-corrected chi connectivity index (χ2v) is 5.42. The molecule has 0 aliphatic rings. The van der Waals surface area contributed by atoms with Gasteiger partial charge in [0.05, 0.1) is 17.0 Å². The fourth-order valence-corrected chi connectivity index (χ4v) is 2.24. The zero-order chi connectivity index (χ0) is 15.2. The molecule has 1 amide bonds. The number of carbonyl (C=O) groups is 1. The van der Waals surface area contributed by atoms with Crippen LogP contribution in [-0.2, 0) is 4.79 Å². The summed E-state index contributed by atoms with van der Waals surface area (Å²) in [6, 6.07) is 6.85. The van der Waals surface area contributed by atoms with Crippen LogP contribution in [0.2, 0.25) is 5.02 Å². The molecule has 0 spiro atoms. The third-order valence-corrected chi connectivity index (χ3v) is 3.38. The highest BCUT2D eigenvalue weighted by molar-refractivity contribution is 9.10. The second kappa shape index (κ2) is 7.28. The number of carbonyl (C=O) groups excluding carboxylic acids is 1. The third kappa shape index (κ3) is 4.61. The van der Waals surface area contributed by atoms with E-state index >= 15 is 0 Å². The number of hydrazone groups is 1. The molecule has 21 heavy (non-hydrogen) atoms. The Morgan fingerprint density at radius 1 is 1.52 bits per heavy atom. The van der Waals surface area contributed by atoms with E-state index in [2.05, 4.69) is 26.5 Å². The monoisotopic (exact) mass is 370 g/mol. The van der Waals surface area contributed by atoms with Crippen LogP contribution in [0.3, 0.4) is 0 Å². The van der Waals surface area contributed by atoms with Crippen molar-refractivity contribution in [2.24, 2.45) is 5.10 Å². The molecule has 0 radical (unpaired) electrons. The van der Waals surface area contributed by atoms with Crippen molar-refractivity contribution in [2.45, 2.75) is 6.92 Å². The topological polar surface area (TPSA) is 63.8 Å². The lowest BCUT2D eigenvalue weighted by atomic mass is 10.3. The van der Waals surface area contributed by atoms with Gasteiger partial charge in [0.2, 0.25) is 0 Å². The normalized spacial score (nSPS) is 10.8. The van der Waals surface area contributed by atoms with E-state index < -0.39 is 0 Å². The number of hydrogen-bond acceptors (Lipinski definition) is 4. The average molecular weight is 372 g/mol. The first-order valence-corrected chi connectivity index (χ1v) is 7.17. The van der Waals surface area contributed by atoms with Gasteiger partial charge in [0.1, 0.15) is 11.5 Å². The Balaban J connectivity index is 1.82. The number of aryl methyl sites for hydroxylation is 1. The zero-order valence-corrected chi connectivity index (χ0v) is 13.4. The first kappa shape index (κ1) is 15.6. The maximum absolute atomic E-state index is 11.6. The first-order chi connectivity index (χ1) is 10.1. The molecule has 1 aromatic carbocycles. The van der Waals surface area contributed by atoms with Gasteiger partial charge in [-0.2, -0.15) is 5.10 Å². The van der Waals surface area contributed by atoms with Crippen LogP contribution in [0.5, 0.6) is 5.75 Å². The van der Waals surface area contributed by atoms with Crippen LogP contribution in [0.4, 0.5) is 0 Å². The summed E-state index contributed by atoms with van der Waals surface area (Å²) >= 11 is 9.12. The zero-order valence-electron chi connectivity index (χ0n) is 11.1. The summed E-state index contributed by atoms with van der Waals surface area (Å²) < 4.78 is 11.2. The first-order valence-electron chi connectivity index (χ1n) is 6.00. The third-order valence-electron chi connectivity index (χ3n) is 2.53. The minimum Gasteiger partial charge on any atom is -0.483 e. The molecule has 0 aliphatic heterocycles. The summed E-state index contributed by atoms with van der Waals surface area (Å²) in [6.45, 7) is 1.72. The van der Waals surface area contributed by atoms with E-state index in [1.807, 2.05) is 13.0 Å². The summed E-state index contributed by atoms with van der Waals surface area (Å²) in [5.74, 6) is 0.745. The highest BCUT2D eigenvalue weighted by atomic mass is 79.9. The molecule has 7 heteroatoms. The lowest BCUT2D eigenvalue weighted by Crippen LogP contribution is -2.24. The average Bonchev–Trinajstić information content (AvgIpc) is 2.83. The largest absolute Gasteiger partial charge is 0.483 e. The van der Waals surface area contributed by atoms with Crippen molar-refractivity contribution in [1.29, 1.82) is 0 Å². The lowest BCUT2D eigenvalue weighted by Gasteiger charge is -2.07. The summed E-state index contributed by atoms with van der Waals surface area (Å²) in [7, 11) is 0. The Kier molecular flexibility index (Phi) is 5.41. The fraction of sp³-hybridized carbons (Fsp3) is 0.143. The minimum atomic E-state index is -0.377. The van der Waals surface area contributed by atoms with Crippen LogP contribution < -0.4 is 10.2 Å². The van der Waals surface area contributed by atoms with E-state index in [9.17, 15) is 4.79 Å². The maximum atomic E-state index is 11.6. The van der Waals surface area contributed by atoms with Crippen LogP contribution in [-0.4, -0.2) is 18.7 Å². The van der Waals surface area contributed by atoms with Crippen LogP contribution in [0.15, 0.2) is 44.5 Å². The Labute approximate surface area is 135 Å². The molecule has 5 nitrogen and oxygen atoms in total. The summed E-state index contributed by atoms with van der Waals surface area (Å²) in [4.78, 5) is 11.6. The van der Waals surface area contributed by atoms with E-state index in [1.54, 1.807) is 24.5 Å². The Morgan fingerprint density at radius 3 is 3.00 bits per heavy atom. The molecule has 0 unspecified atom stereocenters. The van der Waals surface area contributed by atoms with Crippen molar-refractivity contribution in [3.8, 4) is 5.75 Å². The predicted octanol–water partition coefficient (Wildman–Crippen LogP) is 3.53. The molecule has 0 atom stereocenters. The van der Waals surface area contributed by atoms with Crippen LogP contribution in [0, 0.1) is 6.92 Å². The fourth-order valence-electron chi connectivity index (χ4n) is 1.45. The smallest absolute Gasteiger partial charge is 0.277 e. The van der Waals surface area contributed by atoms with E-state index in [0.29, 0.717) is 21.0 Å². The van der Waals surface area contributed by atoms with Crippen molar-refractivity contribution < 1.29 is 13.9 Å². The van der Waals surface area contributed by atoms with E-state index in [-0.39, 0.29) is 12.5 Å². The number of ether oxygens (including phenoxy) is 1. The standard InChI is InChI=1S/C14H12BrClN2O3/c1-9-4-5-20-13(9)7-17-18-14(19)8-21-12-3-2-10(16)6-11(12)15/h2-7H,8H2,1H3,(H,18,19)/b17-7+. The Bertz CT molecular complexity index is 670. The highest BCUT2D eigenvalue weighted by Crippen LogP contribution is 2.27. The number of furan rings is 1. The van der Waals surface area contributed by atoms with Gasteiger partial charge in [-0.15, -0.1) is 0 Å². The molecule has 1 N–H and O–H groups in total. The van der Waals surface area contributed by atoms with E-state index in [1.165, 1.54) is 6.21 Å². The number of nitrogens with zero attached hydrogens (tertiary/aromatic N) is 1. The molecule has 2 aromatic rings. The number of nitrogens with one attached hydrogen (secondary N) is 1. The lowest BCUT2D eigenvalue weighted by molar-refractivity contribution is -0.123. The van der Waals surface area contributed by atoms with Gasteiger partial charge in [0.15, 0.2) is 6.61 Å². The van der Waals surface area contributed by atoms with Crippen molar-refractivity contribution in [3.63, 3.8) is 0 Å². The number of benzene rings is 1. The number of rotatable bonds is 5. The molecular weight excluding hydrogens is 360 g/mol. The molecule has 110 valence electrons. The van der Waals surface area contributed by atoms with Crippen molar-refractivity contribution in [3.05, 3.63) is 51.3 Å². The molecule has 2 rings (SSSR count). The van der Waals surface area contributed by atoms with Gasteiger partial charge in [-0.3, -0.25) is 4.79 Å².